The molecule has 1 aliphatic heterocycles. The first-order valence-electron chi connectivity index (χ1n) is 14.9. The summed E-state index contributed by atoms with van der Waals surface area (Å²) in [4.78, 5) is 38.8. The fourth-order valence-electron chi connectivity index (χ4n) is 9.91. The van der Waals surface area contributed by atoms with Crippen LogP contribution in [0, 0.1) is 40.4 Å². The van der Waals surface area contributed by atoms with E-state index in [9.17, 15) is 39.9 Å². The summed E-state index contributed by atoms with van der Waals surface area (Å²) in [7, 11) is 0. The SMILES string of the molecule is CC(=O)[C@@](O)(C[C@H]1[C@H](C)C(=O)O[C@@H]1C)[C@](C)(O)[C@H]1CC[C@@]2(O)C3=CC(=O)[C@@H]4C[C@@H](O)[C@@H](O)C[C@]4(C)[C@H]3CC[C@]12C. The van der Waals surface area contributed by atoms with Crippen LogP contribution in [0.5, 0.6) is 0 Å². The zero-order valence-corrected chi connectivity index (χ0v) is 24.5. The molecule has 5 N–H and O–H groups in total. The van der Waals surface area contributed by atoms with E-state index in [4.69, 9.17) is 4.74 Å². The number of Topliss-reactive ketones (excluding diaryl/α,β-unsaturated/α-hetero) is 1. The smallest absolute Gasteiger partial charge is 0.309 e. The van der Waals surface area contributed by atoms with Crippen LogP contribution in [0.4, 0.5) is 0 Å². The molecule has 3 saturated carbocycles. The number of fused-ring (bicyclic) bond motifs is 5. The van der Waals surface area contributed by atoms with Gasteiger partial charge in [-0.15, -0.1) is 0 Å². The molecule has 13 atom stereocenters. The Labute approximate surface area is 236 Å². The van der Waals surface area contributed by atoms with Crippen LogP contribution >= 0.6 is 0 Å². The molecule has 0 spiro atoms. The average molecular weight is 563 g/mol. The van der Waals surface area contributed by atoms with E-state index in [2.05, 4.69) is 0 Å². The summed E-state index contributed by atoms with van der Waals surface area (Å²) in [6.45, 7) is 9.98. The molecule has 5 rings (SSSR count). The van der Waals surface area contributed by atoms with Crippen LogP contribution in [-0.2, 0) is 19.1 Å². The minimum Gasteiger partial charge on any atom is -0.462 e. The molecule has 4 fully saturated rings. The number of carbonyl (C=O) groups is 3. The van der Waals surface area contributed by atoms with Crippen molar-refractivity contribution in [2.45, 2.75) is 122 Å². The second-order valence-electron chi connectivity index (χ2n) is 14.5. The summed E-state index contributed by atoms with van der Waals surface area (Å²) < 4.78 is 5.35. The number of ether oxygens (including phenoxy) is 1. The van der Waals surface area contributed by atoms with E-state index in [-0.39, 0.29) is 37.4 Å². The standard InChI is InChI=1S/C31H46O9/c1-15-18(16(2)40-26(15)36)13-31(39,17(3)32)29(6,37)25-8-10-30(38)20-11-22(33)21-12-23(34)24(35)14-27(21,4)19(20)7-9-28(25,30)5/h11,15-16,18-19,21,23-25,34-35,37-39H,7-10,12-14H2,1-6H3/t15-,16+,18-,19-,21-,23+,24-,25-,27+,28+,29+,30+,31-/m0/s1. The summed E-state index contributed by atoms with van der Waals surface area (Å²) in [5.74, 6) is -3.51. The maximum Gasteiger partial charge on any atom is 0.309 e. The van der Waals surface area contributed by atoms with Gasteiger partial charge in [0.2, 0.25) is 0 Å². The van der Waals surface area contributed by atoms with Crippen LogP contribution in [0.1, 0.15) is 86.5 Å². The van der Waals surface area contributed by atoms with Gasteiger partial charge in [0.25, 0.3) is 0 Å². The predicted molar refractivity (Wildman–Crippen MR) is 144 cm³/mol. The maximum atomic E-state index is 13.4. The van der Waals surface area contributed by atoms with Crippen LogP contribution in [0.15, 0.2) is 11.6 Å². The monoisotopic (exact) mass is 562 g/mol. The Kier molecular flexibility index (Phi) is 6.84. The number of ketones is 2. The van der Waals surface area contributed by atoms with Crippen molar-refractivity contribution >= 4 is 17.5 Å². The van der Waals surface area contributed by atoms with Gasteiger partial charge in [0.1, 0.15) is 11.7 Å². The second kappa shape index (κ2) is 9.17. The van der Waals surface area contributed by atoms with E-state index in [0.29, 0.717) is 24.8 Å². The van der Waals surface area contributed by atoms with Gasteiger partial charge in [-0.1, -0.05) is 20.8 Å². The number of aliphatic hydroxyl groups excluding tert-OH is 2. The molecule has 0 unspecified atom stereocenters. The largest absolute Gasteiger partial charge is 0.462 e. The third-order valence-corrected chi connectivity index (χ3v) is 12.7. The van der Waals surface area contributed by atoms with Gasteiger partial charge >= 0.3 is 5.97 Å². The van der Waals surface area contributed by atoms with Crippen molar-refractivity contribution in [2.75, 3.05) is 0 Å². The second-order valence-corrected chi connectivity index (χ2v) is 14.5. The van der Waals surface area contributed by atoms with E-state index in [1.54, 1.807) is 13.8 Å². The van der Waals surface area contributed by atoms with Gasteiger partial charge in [-0.05, 0) is 94.6 Å². The first kappa shape index (κ1) is 29.8. The quantitative estimate of drug-likeness (QED) is 0.315. The Morgan fingerprint density at radius 3 is 2.30 bits per heavy atom. The molecule has 0 aromatic heterocycles. The highest BCUT2D eigenvalue weighted by atomic mass is 16.6. The van der Waals surface area contributed by atoms with Crippen molar-refractivity contribution in [3.63, 3.8) is 0 Å². The normalized spacial score (nSPS) is 49.6. The van der Waals surface area contributed by atoms with Gasteiger partial charge < -0.3 is 30.3 Å². The lowest BCUT2D eigenvalue weighted by Gasteiger charge is -2.61. The van der Waals surface area contributed by atoms with Gasteiger partial charge in [0.15, 0.2) is 17.2 Å². The van der Waals surface area contributed by atoms with Gasteiger partial charge in [0, 0.05) is 17.3 Å². The third-order valence-electron chi connectivity index (χ3n) is 12.7. The van der Waals surface area contributed by atoms with Crippen molar-refractivity contribution in [3.05, 3.63) is 11.6 Å². The number of aliphatic hydroxyl groups is 5. The van der Waals surface area contributed by atoms with Crippen LogP contribution in [0.25, 0.3) is 0 Å². The number of hydrogen-bond donors (Lipinski definition) is 5. The van der Waals surface area contributed by atoms with Crippen molar-refractivity contribution in [1.29, 1.82) is 0 Å². The predicted octanol–water partition coefficient (Wildman–Crippen LogP) is 1.85. The highest BCUT2D eigenvalue weighted by molar-refractivity contribution is 5.95. The number of cyclic esters (lactones) is 1. The lowest BCUT2D eigenvalue weighted by molar-refractivity contribution is -0.214. The van der Waals surface area contributed by atoms with E-state index in [1.807, 2.05) is 13.8 Å². The molecule has 5 aliphatic rings. The number of carbonyl (C=O) groups excluding carboxylic acids is 3. The average Bonchev–Trinajstić information content (AvgIpc) is 3.27. The summed E-state index contributed by atoms with van der Waals surface area (Å²) >= 11 is 0. The molecule has 40 heavy (non-hydrogen) atoms. The Bertz CT molecular complexity index is 1150. The number of allylic oxidation sites excluding steroid dienone is 1. The lowest BCUT2D eigenvalue weighted by Crippen LogP contribution is -2.67. The molecule has 0 aromatic rings. The molecule has 9 nitrogen and oxygen atoms in total. The molecule has 224 valence electrons. The molecular formula is C31H46O9. The number of esters is 1. The topological polar surface area (TPSA) is 162 Å². The van der Waals surface area contributed by atoms with Crippen molar-refractivity contribution < 1.29 is 44.7 Å². The first-order valence-corrected chi connectivity index (χ1v) is 14.9. The molecule has 0 amide bonds. The first-order chi connectivity index (χ1) is 18.3. The molecule has 1 heterocycles. The van der Waals surface area contributed by atoms with Gasteiger partial charge in [0.05, 0.1) is 23.7 Å². The van der Waals surface area contributed by atoms with Crippen LogP contribution < -0.4 is 0 Å². The van der Waals surface area contributed by atoms with E-state index in [0.717, 1.165) is 0 Å². The lowest BCUT2D eigenvalue weighted by atomic mass is 9.45. The van der Waals surface area contributed by atoms with Gasteiger partial charge in [-0.3, -0.25) is 14.4 Å². The summed E-state index contributed by atoms with van der Waals surface area (Å²) in [5, 5.41) is 57.6. The summed E-state index contributed by atoms with van der Waals surface area (Å²) in [6, 6.07) is 0. The summed E-state index contributed by atoms with van der Waals surface area (Å²) in [5.41, 5.74) is -6.58. The molecule has 0 bridgehead atoms. The van der Waals surface area contributed by atoms with Crippen molar-refractivity contribution in [3.8, 4) is 0 Å². The summed E-state index contributed by atoms with van der Waals surface area (Å²) in [6.07, 6.45) is 1.03. The van der Waals surface area contributed by atoms with Crippen LogP contribution in [0.2, 0.25) is 0 Å². The van der Waals surface area contributed by atoms with E-state index in [1.165, 1.54) is 19.9 Å². The molecule has 0 aromatic carbocycles. The highest BCUT2D eigenvalue weighted by Gasteiger charge is 2.71. The molecule has 0 radical (unpaired) electrons. The number of hydrogen-bond acceptors (Lipinski definition) is 9. The Morgan fingerprint density at radius 2 is 1.73 bits per heavy atom. The van der Waals surface area contributed by atoms with E-state index < -0.39 is 81.4 Å². The highest BCUT2D eigenvalue weighted by Crippen LogP contribution is 2.69. The fourth-order valence-corrected chi connectivity index (χ4v) is 9.91. The number of rotatable bonds is 5. The van der Waals surface area contributed by atoms with E-state index >= 15 is 0 Å². The zero-order chi connectivity index (χ0) is 29.8. The zero-order valence-electron chi connectivity index (χ0n) is 24.5. The fraction of sp³-hybridized carbons (Fsp3) is 0.839. The minimum atomic E-state index is -2.19. The molecule has 9 heteroatoms. The Balaban J connectivity index is 1.52. The molecular weight excluding hydrogens is 516 g/mol. The van der Waals surface area contributed by atoms with Crippen molar-refractivity contribution in [2.24, 2.45) is 40.4 Å². The molecule has 1 saturated heterocycles. The Morgan fingerprint density at radius 1 is 1.07 bits per heavy atom. The minimum absolute atomic E-state index is 0.155. The maximum absolute atomic E-state index is 13.4. The Hall–Kier alpha value is -1.65. The van der Waals surface area contributed by atoms with Gasteiger partial charge in [-0.2, -0.15) is 0 Å². The van der Waals surface area contributed by atoms with Gasteiger partial charge in [-0.25, -0.2) is 0 Å². The van der Waals surface area contributed by atoms with Crippen LogP contribution in [-0.4, -0.2) is 78.2 Å². The third kappa shape index (κ3) is 3.73. The molecule has 4 aliphatic carbocycles. The van der Waals surface area contributed by atoms with Crippen LogP contribution in [0.3, 0.4) is 0 Å². The van der Waals surface area contributed by atoms with Crippen molar-refractivity contribution in [1.82, 2.24) is 0 Å².